The minimum absolute atomic E-state index is 0.271. The summed E-state index contributed by atoms with van der Waals surface area (Å²) < 4.78 is 16.5. The van der Waals surface area contributed by atoms with Crippen LogP contribution in [-0.2, 0) is 22.5 Å². The Morgan fingerprint density at radius 1 is 0.757 bits per heavy atom. The summed E-state index contributed by atoms with van der Waals surface area (Å²) in [4.78, 5) is 23.7. The van der Waals surface area contributed by atoms with E-state index in [4.69, 9.17) is 14.2 Å². The van der Waals surface area contributed by atoms with Crippen LogP contribution in [0.2, 0.25) is 0 Å². The van der Waals surface area contributed by atoms with E-state index < -0.39 is 17.8 Å². The molecule has 0 aromatic heterocycles. The summed E-state index contributed by atoms with van der Waals surface area (Å²) in [6.07, 6.45) is 2.58. The lowest BCUT2D eigenvalue weighted by Crippen LogP contribution is -2.33. The van der Waals surface area contributed by atoms with Gasteiger partial charge in [0, 0.05) is 18.5 Å². The zero-order valence-corrected chi connectivity index (χ0v) is 22.0. The van der Waals surface area contributed by atoms with E-state index in [2.05, 4.69) is 28.8 Å². The van der Waals surface area contributed by atoms with Crippen LogP contribution in [0.25, 0.3) is 10.8 Å². The second-order valence-electron chi connectivity index (χ2n) is 9.84. The number of hydrogen-bond donors (Lipinski definition) is 2. The van der Waals surface area contributed by atoms with Crippen LogP contribution in [0.1, 0.15) is 51.2 Å². The van der Waals surface area contributed by atoms with Gasteiger partial charge in [0.2, 0.25) is 0 Å². The molecule has 0 radical (unpaired) electrons. The Morgan fingerprint density at radius 3 is 2.19 bits per heavy atom. The minimum Gasteiger partial charge on any atom is -0.493 e. The number of unbranched alkanes of at least 4 members (excludes halogenated alkanes) is 1. The normalized spacial score (nSPS) is 11.1. The predicted octanol–water partition coefficient (Wildman–Crippen LogP) is 6.38. The topological polar surface area (TPSA) is 85.9 Å². The first-order chi connectivity index (χ1) is 17.8. The molecule has 3 aromatic carbocycles. The lowest BCUT2D eigenvalue weighted by molar-refractivity contribution is 0.0525. The maximum Gasteiger partial charge on any atom is 0.407 e. The van der Waals surface area contributed by atoms with Gasteiger partial charge in [0.05, 0.1) is 6.61 Å². The van der Waals surface area contributed by atoms with Gasteiger partial charge >= 0.3 is 12.2 Å². The Labute approximate surface area is 219 Å². The predicted molar refractivity (Wildman–Crippen MR) is 146 cm³/mol. The molecule has 7 nitrogen and oxygen atoms in total. The number of carbonyl (C=O) groups is 2. The number of amides is 2. The van der Waals surface area contributed by atoms with Crippen LogP contribution >= 0.6 is 0 Å². The zero-order valence-electron chi connectivity index (χ0n) is 22.0. The summed E-state index contributed by atoms with van der Waals surface area (Å²) in [6.45, 7) is 7.34. The molecular weight excluding hydrogens is 468 g/mol. The molecule has 198 valence electrons. The number of carbonyl (C=O) groups excluding carboxylic acids is 2. The quantitative estimate of drug-likeness (QED) is 0.278. The average molecular weight is 507 g/mol. The Balaban J connectivity index is 1.39. The average Bonchev–Trinajstić information content (AvgIpc) is 2.87. The van der Waals surface area contributed by atoms with Crippen molar-refractivity contribution in [2.24, 2.45) is 0 Å². The molecular formula is C30H38N2O5. The fourth-order valence-corrected chi connectivity index (χ4v) is 3.84. The third-order valence-corrected chi connectivity index (χ3v) is 5.58. The minimum atomic E-state index is -0.508. The van der Waals surface area contributed by atoms with Crippen LogP contribution in [-0.4, -0.2) is 37.5 Å². The number of fused-ring (bicyclic) bond motifs is 1. The Hall–Kier alpha value is -3.74. The molecule has 0 unspecified atom stereocenters. The van der Waals surface area contributed by atoms with Crippen LogP contribution in [0, 0.1) is 0 Å². The van der Waals surface area contributed by atoms with Gasteiger partial charge in [-0.3, -0.25) is 0 Å². The van der Waals surface area contributed by atoms with Crippen LogP contribution in [0.4, 0.5) is 9.59 Å². The molecule has 0 saturated carbocycles. The molecule has 3 aromatic rings. The van der Waals surface area contributed by atoms with Crippen molar-refractivity contribution >= 4 is 23.0 Å². The van der Waals surface area contributed by atoms with Crippen molar-refractivity contribution in [2.45, 2.75) is 58.7 Å². The van der Waals surface area contributed by atoms with Crippen molar-refractivity contribution < 1.29 is 23.8 Å². The number of rotatable bonds is 12. The van der Waals surface area contributed by atoms with Crippen molar-refractivity contribution in [1.82, 2.24) is 10.6 Å². The summed E-state index contributed by atoms with van der Waals surface area (Å²) in [7, 11) is 0. The highest BCUT2D eigenvalue weighted by molar-refractivity contribution is 5.91. The molecule has 0 bridgehead atoms. The van der Waals surface area contributed by atoms with Crippen molar-refractivity contribution in [2.75, 3.05) is 19.7 Å². The number of aryl methyl sites for hydroxylation is 1. The van der Waals surface area contributed by atoms with Crippen molar-refractivity contribution in [1.29, 1.82) is 0 Å². The van der Waals surface area contributed by atoms with E-state index in [1.54, 1.807) is 0 Å². The zero-order chi connectivity index (χ0) is 26.5. The molecule has 0 aliphatic carbocycles. The molecule has 0 saturated heterocycles. The Bertz CT molecular complexity index is 1140. The van der Waals surface area contributed by atoms with Crippen molar-refractivity contribution in [3.8, 4) is 5.75 Å². The van der Waals surface area contributed by atoms with E-state index in [1.807, 2.05) is 69.3 Å². The fourth-order valence-electron chi connectivity index (χ4n) is 3.84. The van der Waals surface area contributed by atoms with Gasteiger partial charge in [0.15, 0.2) is 0 Å². The summed E-state index contributed by atoms with van der Waals surface area (Å²) in [5.74, 6) is 0.833. The van der Waals surface area contributed by atoms with Crippen molar-refractivity contribution in [3.05, 3.63) is 77.9 Å². The second kappa shape index (κ2) is 14.1. The summed E-state index contributed by atoms with van der Waals surface area (Å²) >= 11 is 0. The molecule has 7 heteroatoms. The summed E-state index contributed by atoms with van der Waals surface area (Å²) in [5, 5.41) is 7.81. The first kappa shape index (κ1) is 27.8. The lowest BCUT2D eigenvalue weighted by Gasteiger charge is -2.19. The highest BCUT2D eigenvalue weighted by Gasteiger charge is 2.15. The van der Waals surface area contributed by atoms with E-state index in [1.165, 1.54) is 10.9 Å². The van der Waals surface area contributed by atoms with Crippen LogP contribution in [0.15, 0.2) is 66.7 Å². The second-order valence-corrected chi connectivity index (χ2v) is 9.84. The SMILES string of the molecule is CC(C)(C)OC(=O)NCCCOc1ccc(CCCCNC(=O)OCc2ccccc2)c2ccccc12. The Morgan fingerprint density at radius 2 is 1.43 bits per heavy atom. The number of benzene rings is 3. The molecule has 37 heavy (non-hydrogen) atoms. The fraction of sp³-hybridized carbons (Fsp3) is 0.400. The molecule has 2 N–H and O–H groups in total. The van der Waals surface area contributed by atoms with E-state index in [0.29, 0.717) is 26.1 Å². The highest BCUT2D eigenvalue weighted by Crippen LogP contribution is 2.29. The summed E-state index contributed by atoms with van der Waals surface area (Å²) in [5.41, 5.74) is 1.71. The molecule has 0 aliphatic rings. The standard InChI is InChI=1S/C30H38N2O5/c1-30(2,3)37-29(34)32-20-11-21-35-27-18-17-24(25-15-7-8-16-26(25)27)14-9-10-19-31-28(33)36-22-23-12-5-4-6-13-23/h4-8,12-13,15-18H,9-11,14,19-22H2,1-3H3,(H,31,33)(H,32,34). The van der Waals surface area contributed by atoms with Crippen LogP contribution < -0.4 is 15.4 Å². The number of hydrogen-bond acceptors (Lipinski definition) is 5. The van der Waals surface area contributed by atoms with Gasteiger partial charge in [-0.05, 0) is 69.0 Å². The van der Waals surface area contributed by atoms with Gasteiger partial charge in [-0.2, -0.15) is 0 Å². The maximum absolute atomic E-state index is 11.9. The molecule has 0 atom stereocenters. The smallest absolute Gasteiger partial charge is 0.407 e. The molecule has 3 rings (SSSR count). The highest BCUT2D eigenvalue weighted by atomic mass is 16.6. The van der Waals surface area contributed by atoms with E-state index >= 15 is 0 Å². The van der Waals surface area contributed by atoms with Crippen LogP contribution in [0.3, 0.4) is 0 Å². The first-order valence-corrected chi connectivity index (χ1v) is 12.9. The van der Waals surface area contributed by atoms with Gasteiger partial charge in [-0.1, -0.05) is 60.7 Å². The molecule has 0 spiro atoms. The first-order valence-electron chi connectivity index (χ1n) is 12.9. The van der Waals surface area contributed by atoms with Crippen molar-refractivity contribution in [3.63, 3.8) is 0 Å². The summed E-state index contributed by atoms with van der Waals surface area (Å²) in [6, 6.07) is 22.0. The lowest BCUT2D eigenvalue weighted by atomic mass is 9.99. The third kappa shape index (κ3) is 10.0. The van der Waals surface area contributed by atoms with Gasteiger partial charge in [0.1, 0.15) is 18.0 Å². The number of nitrogens with one attached hydrogen (secondary N) is 2. The van der Waals surface area contributed by atoms with Gasteiger partial charge in [-0.25, -0.2) is 9.59 Å². The number of alkyl carbamates (subject to hydrolysis) is 2. The Kier molecular flexibility index (Phi) is 10.6. The van der Waals surface area contributed by atoms with E-state index in [-0.39, 0.29) is 6.61 Å². The van der Waals surface area contributed by atoms with Gasteiger partial charge in [-0.15, -0.1) is 0 Å². The maximum atomic E-state index is 11.9. The van der Waals surface area contributed by atoms with Gasteiger partial charge in [0.25, 0.3) is 0 Å². The van der Waals surface area contributed by atoms with E-state index in [0.717, 1.165) is 36.0 Å². The molecule has 0 aliphatic heterocycles. The largest absolute Gasteiger partial charge is 0.493 e. The molecule has 0 fully saturated rings. The monoisotopic (exact) mass is 506 g/mol. The van der Waals surface area contributed by atoms with Gasteiger partial charge < -0.3 is 24.8 Å². The third-order valence-electron chi connectivity index (χ3n) is 5.58. The van der Waals surface area contributed by atoms with E-state index in [9.17, 15) is 9.59 Å². The molecule has 2 amide bonds. The van der Waals surface area contributed by atoms with Crippen LogP contribution in [0.5, 0.6) is 5.75 Å². The number of ether oxygens (including phenoxy) is 3. The molecule has 0 heterocycles.